The van der Waals surface area contributed by atoms with E-state index in [1.165, 1.54) is 5.39 Å². The van der Waals surface area contributed by atoms with E-state index >= 15 is 0 Å². The van der Waals surface area contributed by atoms with Crippen molar-refractivity contribution in [3.05, 3.63) is 54.6 Å². The van der Waals surface area contributed by atoms with Gasteiger partial charge in [0, 0.05) is 17.8 Å². The van der Waals surface area contributed by atoms with Crippen molar-refractivity contribution in [1.29, 1.82) is 0 Å². The van der Waals surface area contributed by atoms with Crippen molar-refractivity contribution in [2.24, 2.45) is 0 Å². The van der Waals surface area contributed by atoms with E-state index in [0.29, 0.717) is 0 Å². The number of hydrogen-bond donors (Lipinski definition) is 0. The van der Waals surface area contributed by atoms with E-state index in [2.05, 4.69) is 29.0 Å². The van der Waals surface area contributed by atoms with Gasteiger partial charge in [0.15, 0.2) is 0 Å². The number of nitrogens with zero attached hydrogens (tertiary/aromatic N) is 3. The average molecular weight is 209 g/mol. The molecule has 0 aliphatic heterocycles. The number of pyridine rings is 1. The van der Waals surface area contributed by atoms with Gasteiger partial charge in [-0.3, -0.25) is 4.57 Å². The molecule has 3 heteroatoms. The third-order valence-electron chi connectivity index (χ3n) is 2.64. The highest BCUT2D eigenvalue weighted by Crippen LogP contribution is 2.18. The van der Waals surface area contributed by atoms with Crippen LogP contribution in [0.5, 0.6) is 0 Å². The maximum absolute atomic E-state index is 4.64. The maximum atomic E-state index is 4.64. The predicted molar refractivity (Wildman–Crippen MR) is 63.6 cm³/mol. The molecule has 0 N–H and O–H groups in total. The number of imidazole rings is 1. The molecule has 78 valence electrons. The van der Waals surface area contributed by atoms with Crippen LogP contribution in [-0.4, -0.2) is 14.5 Å². The highest BCUT2D eigenvalue weighted by Gasteiger charge is 2.04. The topological polar surface area (TPSA) is 30.7 Å². The monoisotopic (exact) mass is 209 g/mol. The smallest absolute Gasteiger partial charge is 0.141 e. The summed E-state index contributed by atoms with van der Waals surface area (Å²) in [7, 11) is 0. The maximum Gasteiger partial charge on any atom is 0.141 e. The van der Waals surface area contributed by atoms with Gasteiger partial charge >= 0.3 is 0 Å². The Labute approximate surface area is 93.4 Å². The Morgan fingerprint density at radius 2 is 2.06 bits per heavy atom. The average Bonchev–Trinajstić information content (AvgIpc) is 2.81. The van der Waals surface area contributed by atoms with Crippen LogP contribution in [0.2, 0.25) is 0 Å². The van der Waals surface area contributed by atoms with Crippen LogP contribution in [0.3, 0.4) is 0 Å². The molecule has 2 aromatic heterocycles. The van der Waals surface area contributed by atoms with Gasteiger partial charge in [-0.25, -0.2) is 9.97 Å². The second kappa shape index (κ2) is 3.45. The second-order valence-electron chi connectivity index (χ2n) is 3.79. The minimum atomic E-state index is 0.941. The first-order valence-corrected chi connectivity index (χ1v) is 5.19. The Morgan fingerprint density at radius 1 is 1.19 bits per heavy atom. The third kappa shape index (κ3) is 1.37. The summed E-state index contributed by atoms with van der Waals surface area (Å²) in [5.74, 6) is 0.941. The standard InChI is InChI=1S/C13H11N3/c1-10-8-11-4-2-3-5-12(11)15-13(10)16-7-6-14-9-16/h2-9H,1H3. The fourth-order valence-corrected chi connectivity index (χ4v) is 1.86. The molecule has 3 nitrogen and oxygen atoms in total. The van der Waals surface area contributed by atoms with Crippen molar-refractivity contribution >= 4 is 10.9 Å². The van der Waals surface area contributed by atoms with E-state index in [0.717, 1.165) is 16.9 Å². The van der Waals surface area contributed by atoms with Crippen LogP contribution in [0.25, 0.3) is 16.7 Å². The zero-order chi connectivity index (χ0) is 11.0. The normalized spacial score (nSPS) is 10.8. The van der Waals surface area contributed by atoms with Gasteiger partial charge in [0.05, 0.1) is 5.52 Å². The molecule has 0 fully saturated rings. The van der Waals surface area contributed by atoms with Crippen molar-refractivity contribution in [2.45, 2.75) is 6.92 Å². The molecule has 3 rings (SSSR count). The molecule has 0 atom stereocenters. The van der Waals surface area contributed by atoms with E-state index in [1.807, 2.05) is 29.0 Å². The van der Waals surface area contributed by atoms with E-state index in [9.17, 15) is 0 Å². The summed E-state index contributed by atoms with van der Waals surface area (Å²) in [5, 5.41) is 1.17. The number of para-hydroxylation sites is 1. The summed E-state index contributed by atoms with van der Waals surface area (Å²) in [6.45, 7) is 2.06. The first-order valence-electron chi connectivity index (χ1n) is 5.19. The molecule has 0 unspecified atom stereocenters. The molecule has 2 heterocycles. The molecule has 0 amide bonds. The zero-order valence-corrected chi connectivity index (χ0v) is 8.96. The number of hydrogen-bond acceptors (Lipinski definition) is 2. The second-order valence-corrected chi connectivity index (χ2v) is 3.79. The van der Waals surface area contributed by atoms with Gasteiger partial charge < -0.3 is 0 Å². The Balaban J connectivity index is 2.30. The molecule has 0 spiro atoms. The number of aromatic nitrogens is 3. The van der Waals surface area contributed by atoms with Gasteiger partial charge in [-0.05, 0) is 24.6 Å². The van der Waals surface area contributed by atoms with E-state index in [1.54, 1.807) is 12.5 Å². The minimum absolute atomic E-state index is 0.941. The quantitative estimate of drug-likeness (QED) is 0.617. The van der Waals surface area contributed by atoms with Crippen LogP contribution in [0.1, 0.15) is 5.56 Å². The molecular formula is C13H11N3. The number of rotatable bonds is 1. The summed E-state index contributed by atoms with van der Waals surface area (Å²) in [6.07, 6.45) is 5.44. The Bertz CT molecular complexity index is 627. The number of aryl methyl sites for hydroxylation is 1. The van der Waals surface area contributed by atoms with E-state index < -0.39 is 0 Å². The molecule has 0 radical (unpaired) electrons. The van der Waals surface area contributed by atoms with Crippen LogP contribution < -0.4 is 0 Å². The van der Waals surface area contributed by atoms with Crippen LogP contribution in [-0.2, 0) is 0 Å². The molecular weight excluding hydrogens is 198 g/mol. The number of fused-ring (bicyclic) bond motifs is 1. The van der Waals surface area contributed by atoms with Crippen LogP contribution >= 0.6 is 0 Å². The third-order valence-corrected chi connectivity index (χ3v) is 2.64. The van der Waals surface area contributed by atoms with E-state index in [-0.39, 0.29) is 0 Å². The lowest BCUT2D eigenvalue weighted by molar-refractivity contribution is 0.989. The van der Waals surface area contributed by atoms with Crippen molar-refractivity contribution in [2.75, 3.05) is 0 Å². The van der Waals surface area contributed by atoms with Gasteiger partial charge in [-0.1, -0.05) is 18.2 Å². The largest absolute Gasteiger partial charge is 0.290 e. The number of benzene rings is 1. The molecule has 3 aromatic rings. The van der Waals surface area contributed by atoms with Crippen molar-refractivity contribution < 1.29 is 0 Å². The highest BCUT2D eigenvalue weighted by atomic mass is 15.1. The summed E-state index contributed by atoms with van der Waals surface area (Å²) in [6, 6.07) is 10.3. The summed E-state index contributed by atoms with van der Waals surface area (Å²) >= 11 is 0. The Kier molecular flexibility index (Phi) is 1.96. The minimum Gasteiger partial charge on any atom is -0.290 e. The van der Waals surface area contributed by atoms with Gasteiger partial charge in [0.25, 0.3) is 0 Å². The van der Waals surface area contributed by atoms with Gasteiger partial charge in [-0.2, -0.15) is 0 Å². The predicted octanol–water partition coefficient (Wildman–Crippen LogP) is 2.73. The first-order chi connectivity index (χ1) is 7.84. The van der Waals surface area contributed by atoms with Gasteiger partial charge in [0.1, 0.15) is 12.1 Å². The fourth-order valence-electron chi connectivity index (χ4n) is 1.86. The summed E-state index contributed by atoms with van der Waals surface area (Å²) < 4.78 is 1.93. The molecule has 0 saturated heterocycles. The van der Waals surface area contributed by atoms with Crippen LogP contribution in [0.15, 0.2) is 49.1 Å². The highest BCUT2D eigenvalue weighted by molar-refractivity contribution is 5.80. The molecule has 0 saturated carbocycles. The molecule has 0 bridgehead atoms. The van der Waals surface area contributed by atoms with Crippen molar-refractivity contribution in [3.63, 3.8) is 0 Å². The molecule has 0 aliphatic carbocycles. The van der Waals surface area contributed by atoms with Crippen molar-refractivity contribution in [1.82, 2.24) is 14.5 Å². The lowest BCUT2D eigenvalue weighted by atomic mass is 10.1. The SMILES string of the molecule is Cc1cc2ccccc2nc1-n1ccnc1. The van der Waals surface area contributed by atoms with Crippen LogP contribution in [0, 0.1) is 6.92 Å². The van der Waals surface area contributed by atoms with Gasteiger partial charge in [0.2, 0.25) is 0 Å². The summed E-state index contributed by atoms with van der Waals surface area (Å²) in [5.41, 5.74) is 2.16. The zero-order valence-electron chi connectivity index (χ0n) is 8.96. The Morgan fingerprint density at radius 3 is 2.88 bits per heavy atom. The summed E-state index contributed by atoms with van der Waals surface area (Å²) in [4.78, 5) is 8.68. The lowest BCUT2D eigenvalue weighted by Crippen LogP contribution is -1.98. The molecule has 16 heavy (non-hydrogen) atoms. The fraction of sp³-hybridized carbons (Fsp3) is 0.0769. The molecule has 1 aromatic carbocycles. The van der Waals surface area contributed by atoms with Crippen LogP contribution in [0.4, 0.5) is 0 Å². The Hall–Kier alpha value is -2.16. The van der Waals surface area contributed by atoms with Crippen molar-refractivity contribution in [3.8, 4) is 5.82 Å². The first kappa shape index (κ1) is 9.09. The lowest BCUT2D eigenvalue weighted by Gasteiger charge is -2.07. The van der Waals surface area contributed by atoms with E-state index in [4.69, 9.17) is 0 Å². The van der Waals surface area contributed by atoms with Gasteiger partial charge in [-0.15, -0.1) is 0 Å². The molecule has 0 aliphatic rings.